The molecule has 1 aliphatic heterocycles. The molecule has 1 amide bonds. The summed E-state index contributed by atoms with van der Waals surface area (Å²) in [7, 11) is 0. The zero-order valence-corrected chi connectivity index (χ0v) is 19.6. The average molecular weight is 560 g/mol. The molecule has 182 valence electrons. The Morgan fingerprint density at radius 1 is 1.00 bits per heavy atom. The van der Waals surface area contributed by atoms with Crippen molar-refractivity contribution in [1.82, 2.24) is 0 Å². The van der Waals surface area contributed by atoms with Crippen molar-refractivity contribution >= 4 is 44.3 Å². The summed E-state index contributed by atoms with van der Waals surface area (Å²) in [5.74, 6) is -3.86. The number of aliphatic hydroxyl groups excluding tert-OH is 1. The number of carbonyl (C=O) groups excluding carboxylic acids is 2. The lowest BCUT2D eigenvalue weighted by Crippen LogP contribution is -2.31. The number of fused-ring (bicyclic) bond motifs is 1. The second-order valence-electron chi connectivity index (χ2n) is 8.03. The number of benzene rings is 3. The number of carbonyl (C=O) groups is 2. The van der Waals surface area contributed by atoms with Gasteiger partial charge in [0.2, 0.25) is 5.78 Å². The maximum atomic E-state index is 14.9. The molecule has 0 fully saturated rings. The van der Waals surface area contributed by atoms with Crippen LogP contribution >= 0.6 is 15.9 Å². The Morgan fingerprint density at radius 3 is 2.36 bits per heavy atom. The molecule has 0 spiro atoms. The van der Waals surface area contributed by atoms with E-state index in [0.29, 0.717) is 11.0 Å². The van der Waals surface area contributed by atoms with Crippen molar-refractivity contribution in [3.8, 4) is 0 Å². The SMILES string of the molecule is O=C(C1=C(O)C(=O)N(c2ccc(C(F)(F)F)cc2)C1c1ccccc1F)c1cc2cc(Br)ccc2o1. The molecule has 1 aliphatic rings. The molecule has 10 heteroatoms. The quantitative estimate of drug-likeness (QED) is 0.213. The van der Waals surface area contributed by atoms with Gasteiger partial charge in [0, 0.05) is 21.1 Å². The van der Waals surface area contributed by atoms with Crippen molar-refractivity contribution in [3.05, 3.63) is 111 Å². The molecular formula is C26H14BrF4NO4. The van der Waals surface area contributed by atoms with E-state index in [1.165, 1.54) is 24.3 Å². The first-order valence-electron chi connectivity index (χ1n) is 10.5. The predicted octanol–water partition coefficient (Wildman–Crippen LogP) is 7.14. The molecule has 4 aromatic rings. The molecule has 1 N–H and O–H groups in total. The fraction of sp³-hybridized carbons (Fsp3) is 0.0769. The van der Waals surface area contributed by atoms with Crippen LogP contribution in [0.2, 0.25) is 0 Å². The van der Waals surface area contributed by atoms with Crippen molar-refractivity contribution in [1.29, 1.82) is 0 Å². The van der Waals surface area contributed by atoms with Crippen molar-refractivity contribution in [2.45, 2.75) is 12.2 Å². The summed E-state index contributed by atoms with van der Waals surface area (Å²) in [5, 5.41) is 11.3. The van der Waals surface area contributed by atoms with Gasteiger partial charge >= 0.3 is 6.18 Å². The lowest BCUT2D eigenvalue weighted by atomic mass is 9.94. The van der Waals surface area contributed by atoms with Gasteiger partial charge < -0.3 is 9.52 Å². The average Bonchev–Trinajstić information content (AvgIpc) is 3.37. The molecule has 1 atom stereocenters. The number of anilines is 1. The smallest absolute Gasteiger partial charge is 0.416 e. The van der Waals surface area contributed by atoms with Crippen LogP contribution in [0, 0.1) is 5.82 Å². The number of nitrogens with zero attached hydrogens (tertiary/aromatic N) is 1. The van der Waals surface area contributed by atoms with E-state index in [0.717, 1.165) is 39.7 Å². The number of hydrogen-bond acceptors (Lipinski definition) is 4. The van der Waals surface area contributed by atoms with Crippen LogP contribution in [0.4, 0.5) is 23.2 Å². The van der Waals surface area contributed by atoms with E-state index in [9.17, 15) is 32.3 Å². The maximum absolute atomic E-state index is 14.9. The van der Waals surface area contributed by atoms with Crippen molar-refractivity contribution in [3.63, 3.8) is 0 Å². The molecule has 2 heterocycles. The number of ketones is 1. The molecule has 5 nitrogen and oxygen atoms in total. The van der Waals surface area contributed by atoms with E-state index in [-0.39, 0.29) is 17.0 Å². The number of aliphatic hydroxyl groups is 1. The standard InChI is InChI=1S/C26H14BrF4NO4/c27-15-7-10-19-13(11-15)12-20(36-19)23(33)21-22(17-3-1-2-4-18(17)28)32(25(35)24(21)34)16-8-5-14(6-9-16)26(29,30)31/h1-12,22,34H. The fourth-order valence-corrected chi connectivity index (χ4v) is 4.54. The highest BCUT2D eigenvalue weighted by molar-refractivity contribution is 9.10. The first-order chi connectivity index (χ1) is 17.1. The Morgan fingerprint density at radius 2 is 1.69 bits per heavy atom. The van der Waals surface area contributed by atoms with E-state index in [4.69, 9.17) is 4.42 Å². The molecule has 5 rings (SSSR count). The third kappa shape index (κ3) is 3.97. The molecule has 0 radical (unpaired) electrons. The molecule has 0 saturated heterocycles. The lowest BCUT2D eigenvalue weighted by Gasteiger charge is -2.27. The largest absolute Gasteiger partial charge is 0.503 e. The van der Waals surface area contributed by atoms with Crippen molar-refractivity contribution < 1.29 is 36.7 Å². The van der Waals surface area contributed by atoms with E-state index in [2.05, 4.69) is 15.9 Å². The van der Waals surface area contributed by atoms with Crippen LogP contribution in [0.3, 0.4) is 0 Å². The number of furan rings is 1. The van der Waals surface area contributed by atoms with E-state index >= 15 is 0 Å². The highest BCUT2D eigenvalue weighted by Crippen LogP contribution is 2.43. The van der Waals surface area contributed by atoms with Crippen LogP contribution in [-0.4, -0.2) is 16.8 Å². The topological polar surface area (TPSA) is 70.8 Å². The summed E-state index contributed by atoms with van der Waals surface area (Å²) in [6, 6.07) is 13.9. The molecular weight excluding hydrogens is 546 g/mol. The highest BCUT2D eigenvalue weighted by atomic mass is 79.9. The molecule has 36 heavy (non-hydrogen) atoms. The Labute approximate surface area is 209 Å². The summed E-state index contributed by atoms with van der Waals surface area (Å²) in [6.07, 6.45) is -4.61. The predicted molar refractivity (Wildman–Crippen MR) is 126 cm³/mol. The maximum Gasteiger partial charge on any atom is 0.416 e. The third-order valence-corrected chi connectivity index (χ3v) is 6.32. The van der Waals surface area contributed by atoms with Crippen LogP contribution < -0.4 is 4.90 Å². The van der Waals surface area contributed by atoms with Crippen molar-refractivity contribution in [2.24, 2.45) is 0 Å². The molecule has 1 unspecified atom stereocenters. The van der Waals surface area contributed by atoms with E-state index in [1.54, 1.807) is 18.2 Å². The van der Waals surface area contributed by atoms with Crippen LogP contribution in [0.5, 0.6) is 0 Å². The lowest BCUT2D eigenvalue weighted by molar-refractivity contribution is -0.137. The van der Waals surface area contributed by atoms with Gasteiger partial charge in [-0.25, -0.2) is 4.39 Å². The van der Waals surface area contributed by atoms with Gasteiger partial charge in [0.15, 0.2) is 11.5 Å². The second kappa shape index (κ2) is 8.63. The minimum atomic E-state index is -4.61. The van der Waals surface area contributed by atoms with Gasteiger partial charge in [-0.05, 0) is 54.6 Å². The van der Waals surface area contributed by atoms with Gasteiger partial charge in [0.1, 0.15) is 11.4 Å². The molecule has 0 saturated carbocycles. The van der Waals surface area contributed by atoms with Crippen LogP contribution in [-0.2, 0) is 11.0 Å². The first-order valence-corrected chi connectivity index (χ1v) is 11.3. The van der Waals surface area contributed by atoms with Gasteiger partial charge in [0.25, 0.3) is 5.91 Å². The summed E-state index contributed by atoms with van der Waals surface area (Å²) < 4.78 is 60.5. The number of halogens is 5. The zero-order chi connectivity index (χ0) is 25.8. The number of Topliss-reactive ketones (excluding diaryl/α,β-unsaturated/α-hetero) is 1. The Kier molecular flexibility index (Phi) is 5.71. The summed E-state index contributed by atoms with van der Waals surface area (Å²) in [5.41, 5.74) is -1.24. The van der Waals surface area contributed by atoms with Crippen LogP contribution in [0.25, 0.3) is 11.0 Å². The monoisotopic (exact) mass is 559 g/mol. The van der Waals surface area contributed by atoms with E-state index < -0.39 is 46.6 Å². The first kappa shape index (κ1) is 23.8. The van der Waals surface area contributed by atoms with Gasteiger partial charge in [-0.2, -0.15) is 13.2 Å². The number of rotatable bonds is 4. The fourth-order valence-electron chi connectivity index (χ4n) is 4.16. The van der Waals surface area contributed by atoms with Gasteiger partial charge in [-0.15, -0.1) is 0 Å². The Balaban J connectivity index is 1.64. The molecule has 3 aromatic carbocycles. The van der Waals surface area contributed by atoms with Crippen molar-refractivity contribution in [2.75, 3.05) is 4.90 Å². The summed E-state index contributed by atoms with van der Waals surface area (Å²) in [6.45, 7) is 0. The number of amides is 1. The summed E-state index contributed by atoms with van der Waals surface area (Å²) >= 11 is 3.32. The van der Waals surface area contributed by atoms with Crippen LogP contribution in [0.1, 0.15) is 27.7 Å². The number of hydrogen-bond donors (Lipinski definition) is 1. The normalized spacial score (nSPS) is 16.3. The third-order valence-electron chi connectivity index (χ3n) is 5.83. The zero-order valence-electron chi connectivity index (χ0n) is 18.0. The Hall–Kier alpha value is -3.92. The van der Waals surface area contributed by atoms with Gasteiger partial charge in [0.05, 0.1) is 17.2 Å². The minimum absolute atomic E-state index is 0.0656. The van der Waals surface area contributed by atoms with Crippen LogP contribution in [0.15, 0.2) is 93.0 Å². The minimum Gasteiger partial charge on any atom is -0.503 e. The molecule has 1 aromatic heterocycles. The Bertz CT molecular complexity index is 1560. The molecule has 0 aliphatic carbocycles. The highest BCUT2D eigenvalue weighted by Gasteiger charge is 2.46. The second-order valence-corrected chi connectivity index (χ2v) is 8.94. The molecule has 0 bridgehead atoms. The van der Waals surface area contributed by atoms with Gasteiger partial charge in [-0.1, -0.05) is 34.1 Å². The number of alkyl halides is 3. The summed E-state index contributed by atoms with van der Waals surface area (Å²) in [4.78, 5) is 27.6. The van der Waals surface area contributed by atoms with E-state index in [1.807, 2.05) is 0 Å². The van der Waals surface area contributed by atoms with Gasteiger partial charge in [-0.3, -0.25) is 14.5 Å².